The third-order valence-electron chi connectivity index (χ3n) is 9.45. The van der Waals surface area contributed by atoms with Gasteiger partial charge in [-0.1, -0.05) is 13.0 Å². The zero-order valence-corrected chi connectivity index (χ0v) is 20.6. The Morgan fingerprint density at radius 3 is 2.88 bits per heavy atom. The van der Waals surface area contributed by atoms with Crippen LogP contribution < -0.4 is 10.1 Å². The predicted octanol–water partition coefficient (Wildman–Crippen LogP) is 4.34. The van der Waals surface area contributed by atoms with Crippen LogP contribution in [0.2, 0.25) is 0 Å². The van der Waals surface area contributed by atoms with Crippen molar-refractivity contribution in [1.29, 1.82) is 0 Å². The van der Waals surface area contributed by atoms with Gasteiger partial charge >= 0.3 is 0 Å². The Bertz CT molecular complexity index is 914. The Hall–Kier alpha value is -1.88. The third kappa shape index (κ3) is 4.00. The molecule has 2 saturated carbocycles. The third-order valence-corrected chi connectivity index (χ3v) is 9.45. The van der Waals surface area contributed by atoms with E-state index in [1.165, 1.54) is 30.5 Å². The topological polar surface area (TPSA) is 58.6 Å². The van der Waals surface area contributed by atoms with E-state index in [4.69, 9.17) is 4.74 Å². The molecular weight excluding hydrogens is 412 g/mol. The number of rotatable bonds is 6. The molecule has 0 spiro atoms. The van der Waals surface area contributed by atoms with Gasteiger partial charge in [-0.3, -0.25) is 14.5 Å². The molecule has 33 heavy (non-hydrogen) atoms. The molecule has 1 amide bonds. The summed E-state index contributed by atoms with van der Waals surface area (Å²) >= 11 is 0. The molecule has 3 aliphatic carbocycles. The minimum absolute atomic E-state index is 0.0853. The van der Waals surface area contributed by atoms with Crippen LogP contribution in [0.3, 0.4) is 0 Å². The molecule has 1 aromatic rings. The van der Waals surface area contributed by atoms with Gasteiger partial charge in [0.15, 0.2) is 0 Å². The summed E-state index contributed by atoms with van der Waals surface area (Å²) in [6, 6.07) is 7.36. The van der Waals surface area contributed by atoms with Crippen LogP contribution in [0.4, 0.5) is 0 Å². The molecule has 1 aliphatic heterocycles. The monoisotopic (exact) mass is 452 g/mol. The fraction of sp³-hybridized carbons (Fsp3) is 0.714. The van der Waals surface area contributed by atoms with Crippen molar-refractivity contribution < 1.29 is 14.3 Å². The molecular formula is C28H40N2O3. The van der Waals surface area contributed by atoms with E-state index in [-0.39, 0.29) is 23.2 Å². The van der Waals surface area contributed by atoms with E-state index in [0.29, 0.717) is 36.6 Å². The number of hydrogen-bond donors (Lipinski definition) is 1. The van der Waals surface area contributed by atoms with E-state index in [1.54, 1.807) is 0 Å². The molecule has 5 heteroatoms. The molecule has 0 unspecified atom stereocenters. The van der Waals surface area contributed by atoms with Gasteiger partial charge in [-0.15, -0.1) is 0 Å². The highest BCUT2D eigenvalue weighted by molar-refractivity contribution is 5.94. The van der Waals surface area contributed by atoms with Gasteiger partial charge in [-0.2, -0.15) is 0 Å². The largest absolute Gasteiger partial charge is 0.492 e. The summed E-state index contributed by atoms with van der Waals surface area (Å²) in [5, 5.41) is 3.01. The Kier molecular flexibility index (Phi) is 6.28. The first-order valence-corrected chi connectivity index (χ1v) is 13.2. The van der Waals surface area contributed by atoms with Crippen LogP contribution in [0.15, 0.2) is 18.2 Å². The van der Waals surface area contributed by atoms with Crippen molar-refractivity contribution in [2.24, 2.45) is 23.2 Å². The summed E-state index contributed by atoms with van der Waals surface area (Å²) in [6.45, 7) is 9.97. The molecule has 3 fully saturated rings. The second-order valence-electron chi connectivity index (χ2n) is 11.2. The van der Waals surface area contributed by atoms with E-state index < -0.39 is 0 Å². The molecule has 0 aromatic heterocycles. The quantitative estimate of drug-likeness (QED) is 0.698. The summed E-state index contributed by atoms with van der Waals surface area (Å²) < 4.78 is 6.15. The fourth-order valence-corrected chi connectivity index (χ4v) is 7.69. The number of Topliss-reactive ketones (excluding diaryl/α,β-unsaturated/α-hetero) is 1. The Morgan fingerprint density at radius 2 is 2.12 bits per heavy atom. The number of carbonyl (C=O) groups is 2. The number of nitrogens with zero attached hydrogens (tertiary/aromatic N) is 1. The minimum atomic E-state index is -0.329. The molecule has 1 saturated heterocycles. The van der Waals surface area contributed by atoms with E-state index in [2.05, 4.69) is 42.3 Å². The second-order valence-corrected chi connectivity index (χ2v) is 11.2. The van der Waals surface area contributed by atoms with Crippen molar-refractivity contribution in [1.82, 2.24) is 10.2 Å². The zero-order valence-electron chi connectivity index (χ0n) is 20.6. The normalized spacial score (nSPS) is 35.6. The SMILES string of the molecule is CCNC(=O)[C@H]1CC(=O)[C@@]2(C)CC[C@@H]3c4ccc(OCCN5CCC[C@H]5C)cc4CC[C@H]3[C@H]12. The molecule has 0 bridgehead atoms. The van der Waals surface area contributed by atoms with Crippen molar-refractivity contribution in [3.63, 3.8) is 0 Å². The first-order valence-electron chi connectivity index (χ1n) is 13.2. The Balaban J connectivity index is 1.31. The van der Waals surface area contributed by atoms with Crippen LogP contribution in [0, 0.1) is 23.2 Å². The molecule has 6 atom stereocenters. The van der Waals surface area contributed by atoms with Crippen LogP contribution in [-0.2, 0) is 16.0 Å². The number of nitrogens with one attached hydrogen (secondary N) is 1. The van der Waals surface area contributed by atoms with Crippen molar-refractivity contribution in [2.75, 3.05) is 26.2 Å². The number of ketones is 1. The maximum absolute atomic E-state index is 13.0. The number of ether oxygens (including phenoxy) is 1. The molecule has 1 aromatic carbocycles. The maximum atomic E-state index is 13.0. The van der Waals surface area contributed by atoms with Crippen LogP contribution in [0.5, 0.6) is 5.75 Å². The van der Waals surface area contributed by atoms with Gasteiger partial charge in [-0.05, 0) is 99.9 Å². The standard InChI is InChI=1S/C28H40N2O3/c1-4-29-27(32)24-17-25(31)28(3)12-11-22-21-10-8-20(16-19(21)7-9-23(22)26(24)28)33-15-14-30-13-5-6-18(30)2/h8,10,16,18,22-24,26H,4-7,9,11-15,17H2,1-3H3,(H,29,32)/t18-,22-,23-,24+,26-,28-/m1/s1. The lowest BCUT2D eigenvalue weighted by atomic mass is 9.54. The van der Waals surface area contributed by atoms with Gasteiger partial charge in [0.05, 0.1) is 0 Å². The van der Waals surface area contributed by atoms with Crippen molar-refractivity contribution >= 4 is 11.7 Å². The van der Waals surface area contributed by atoms with Gasteiger partial charge < -0.3 is 10.1 Å². The number of likely N-dealkylation sites (tertiary alicyclic amines) is 1. The lowest BCUT2D eigenvalue weighted by Crippen LogP contribution is -2.46. The highest BCUT2D eigenvalue weighted by Gasteiger charge is 2.60. The molecule has 5 rings (SSSR count). The Labute approximate surface area is 198 Å². The fourth-order valence-electron chi connectivity index (χ4n) is 7.69. The number of hydrogen-bond acceptors (Lipinski definition) is 4. The summed E-state index contributed by atoms with van der Waals surface area (Å²) in [6.07, 6.45) is 7.05. The number of fused-ring (bicyclic) bond motifs is 5. The number of benzene rings is 1. The van der Waals surface area contributed by atoms with Crippen molar-refractivity contribution in [3.05, 3.63) is 29.3 Å². The Morgan fingerprint density at radius 1 is 1.27 bits per heavy atom. The van der Waals surface area contributed by atoms with Gasteiger partial charge in [0.25, 0.3) is 0 Å². The van der Waals surface area contributed by atoms with Gasteiger partial charge in [-0.25, -0.2) is 0 Å². The van der Waals surface area contributed by atoms with Crippen LogP contribution in [0.1, 0.15) is 76.3 Å². The first-order chi connectivity index (χ1) is 15.9. The average Bonchev–Trinajstić information content (AvgIpc) is 3.33. The van der Waals surface area contributed by atoms with Crippen molar-refractivity contribution in [3.8, 4) is 5.75 Å². The van der Waals surface area contributed by atoms with Gasteiger partial charge in [0, 0.05) is 36.9 Å². The van der Waals surface area contributed by atoms with E-state index >= 15 is 0 Å². The van der Waals surface area contributed by atoms with E-state index in [1.807, 2.05) is 6.92 Å². The molecule has 180 valence electrons. The van der Waals surface area contributed by atoms with E-state index in [9.17, 15) is 9.59 Å². The van der Waals surface area contributed by atoms with Crippen LogP contribution >= 0.6 is 0 Å². The first kappa shape index (κ1) is 22.9. The number of amides is 1. The van der Waals surface area contributed by atoms with Gasteiger partial charge in [0.2, 0.25) is 5.91 Å². The van der Waals surface area contributed by atoms with Crippen molar-refractivity contribution in [2.45, 2.75) is 77.7 Å². The van der Waals surface area contributed by atoms with Crippen LogP contribution in [0.25, 0.3) is 0 Å². The molecule has 5 nitrogen and oxygen atoms in total. The zero-order chi connectivity index (χ0) is 23.2. The molecule has 0 radical (unpaired) electrons. The number of aryl methyl sites for hydroxylation is 1. The predicted molar refractivity (Wildman–Crippen MR) is 129 cm³/mol. The maximum Gasteiger partial charge on any atom is 0.223 e. The van der Waals surface area contributed by atoms with Crippen LogP contribution in [-0.4, -0.2) is 48.9 Å². The second kappa shape index (κ2) is 9.05. The molecule has 1 heterocycles. The molecule has 4 aliphatic rings. The van der Waals surface area contributed by atoms with Gasteiger partial charge in [0.1, 0.15) is 18.1 Å². The minimum Gasteiger partial charge on any atom is -0.492 e. The molecule has 1 N–H and O–H groups in total. The summed E-state index contributed by atoms with van der Waals surface area (Å²) in [5.74, 6) is 2.25. The lowest BCUT2D eigenvalue weighted by molar-refractivity contribution is -0.130. The van der Waals surface area contributed by atoms with E-state index in [0.717, 1.165) is 44.6 Å². The highest BCUT2D eigenvalue weighted by atomic mass is 16.5. The number of carbonyl (C=O) groups excluding carboxylic acids is 2. The lowest BCUT2D eigenvalue weighted by Gasteiger charge is -2.49. The summed E-state index contributed by atoms with van der Waals surface area (Å²) in [4.78, 5) is 28.4. The summed E-state index contributed by atoms with van der Waals surface area (Å²) in [5.41, 5.74) is 2.51. The highest BCUT2D eigenvalue weighted by Crippen LogP contribution is 2.61. The average molecular weight is 453 g/mol. The summed E-state index contributed by atoms with van der Waals surface area (Å²) in [7, 11) is 0. The smallest absolute Gasteiger partial charge is 0.223 e.